The van der Waals surface area contributed by atoms with Gasteiger partial charge in [-0.05, 0) is 19.3 Å². The number of ketones is 1. The van der Waals surface area contributed by atoms with Crippen molar-refractivity contribution in [3.63, 3.8) is 0 Å². The lowest BCUT2D eigenvalue weighted by atomic mass is 9.96. The van der Waals surface area contributed by atoms with Gasteiger partial charge in [0.05, 0.1) is 0 Å². The summed E-state index contributed by atoms with van der Waals surface area (Å²) in [6.07, 6.45) is -0.103. The van der Waals surface area contributed by atoms with Crippen LogP contribution in [-0.4, -0.2) is 36.1 Å². The van der Waals surface area contributed by atoms with E-state index in [2.05, 4.69) is 4.74 Å². The van der Waals surface area contributed by atoms with Gasteiger partial charge in [0, 0.05) is 6.42 Å². The van der Waals surface area contributed by atoms with Gasteiger partial charge in [-0.2, -0.15) is 17.2 Å². The highest BCUT2D eigenvalue weighted by Crippen LogP contribution is 2.25. The molecule has 1 unspecified atom stereocenters. The van der Waals surface area contributed by atoms with Crippen LogP contribution in [-0.2, 0) is 24.4 Å². The molecular formula is C8H10F2O6S. The maximum Gasteiger partial charge on any atom is 0.465 e. The lowest BCUT2D eigenvalue weighted by molar-refractivity contribution is -0.171. The molecule has 0 aliphatic heterocycles. The fraction of sp³-hybridized carbons (Fsp3) is 0.750. The van der Waals surface area contributed by atoms with Crippen LogP contribution < -0.4 is 0 Å². The summed E-state index contributed by atoms with van der Waals surface area (Å²) in [7, 11) is -5.89. The minimum Gasteiger partial charge on any atom is -0.449 e. The zero-order chi connectivity index (χ0) is 13.3. The first-order valence-corrected chi connectivity index (χ1v) is 6.19. The first kappa shape index (κ1) is 14.0. The molecule has 0 aromatic carbocycles. The molecule has 1 rings (SSSR count). The van der Waals surface area contributed by atoms with E-state index in [0.717, 1.165) is 0 Å². The summed E-state index contributed by atoms with van der Waals surface area (Å²) in [5.41, 5.74) is 0. The Morgan fingerprint density at radius 3 is 2.47 bits per heavy atom. The van der Waals surface area contributed by atoms with E-state index in [9.17, 15) is 26.8 Å². The summed E-state index contributed by atoms with van der Waals surface area (Å²) in [6, 6.07) is 0. The smallest absolute Gasteiger partial charge is 0.449 e. The normalized spacial score (nSPS) is 22.3. The average molecular weight is 272 g/mol. The molecule has 0 aromatic rings. The number of hydrogen-bond donors (Lipinski definition) is 1. The summed E-state index contributed by atoms with van der Waals surface area (Å²) in [5, 5.41) is -5.05. The van der Waals surface area contributed by atoms with Crippen molar-refractivity contribution in [2.75, 3.05) is 0 Å². The number of ether oxygens (including phenoxy) is 1. The second-order valence-corrected chi connectivity index (χ2v) is 5.06. The largest absolute Gasteiger partial charge is 0.465 e. The summed E-state index contributed by atoms with van der Waals surface area (Å²) < 4.78 is 58.3. The summed E-state index contributed by atoms with van der Waals surface area (Å²) in [5.74, 6) is -2.96. The number of esters is 1. The second kappa shape index (κ2) is 4.65. The van der Waals surface area contributed by atoms with Gasteiger partial charge in [0.25, 0.3) is 0 Å². The molecule has 1 saturated carbocycles. The molecule has 9 heteroatoms. The molecule has 0 bridgehead atoms. The Labute approximate surface area is 95.7 Å². The molecular weight excluding hydrogens is 262 g/mol. The third kappa shape index (κ3) is 2.97. The number of rotatable bonds is 3. The zero-order valence-corrected chi connectivity index (χ0v) is 9.37. The molecule has 0 spiro atoms. The first-order chi connectivity index (χ1) is 7.66. The predicted molar refractivity (Wildman–Crippen MR) is 49.9 cm³/mol. The molecule has 0 aromatic heterocycles. The second-order valence-electron chi connectivity index (χ2n) is 3.60. The Bertz CT molecular complexity index is 429. The van der Waals surface area contributed by atoms with Crippen molar-refractivity contribution in [2.45, 2.75) is 37.0 Å². The number of alkyl halides is 2. The van der Waals surface area contributed by atoms with E-state index in [0.29, 0.717) is 12.8 Å². The Kier molecular flexibility index (Phi) is 3.82. The van der Waals surface area contributed by atoms with Gasteiger partial charge in [0.15, 0.2) is 11.9 Å². The SMILES string of the molecule is O=C1CCCCC1OC(=O)C(F)(F)S(=O)(=O)O. The maximum absolute atomic E-state index is 12.8. The number of hydrogen-bond acceptors (Lipinski definition) is 5. The Morgan fingerprint density at radius 1 is 1.41 bits per heavy atom. The van der Waals surface area contributed by atoms with Crippen molar-refractivity contribution < 1.29 is 36.1 Å². The van der Waals surface area contributed by atoms with Crippen LogP contribution in [0.25, 0.3) is 0 Å². The van der Waals surface area contributed by atoms with Crippen molar-refractivity contribution in [2.24, 2.45) is 0 Å². The zero-order valence-electron chi connectivity index (χ0n) is 8.56. The van der Waals surface area contributed by atoms with Crippen molar-refractivity contribution in [1.82, 2.24) is 0 Å². The van der Waals surface area contributed by atoms with E-state index in [4.69, 9.17) is 4.55 Å². The van der Waals surface area contributed by atoms with Gasteiger partial charge in [-0.3, -0.25) is 9.35 Å². The molecule has 0 amide bonds. The van der Waals surface area contributed by atoms with E-state index in [1.807, 2.05) is 0 Å². The van der Waals surface area contributed by atoms with Gasteiger partial charge < -0.3 is 4.74 Å². The number of Topliss-reactive ketones (excluding diaryl/α,β-unsaturated/α-hetero) is 1. The van der Waals surface area contributed by atoms with Gasteiger partial charge in [0.2, 0.25) is 0 Å². The molecule has 17 heavy (non-hydrogen) atoms. The molecule has 0 saturated heterocycles. The van der Waals surface area contributed by atoms with Crippen molar-refractivity contribution in [3.05, 3.63) is 0 Å². The van der Waals surface area contributed by atoms with Crippen molar-refractivity contribution >= 4 is 21.9 Å². The Balaban J connectivity index is 2.75. The van der Waals surface area contributed by atoms with Crippen molar-refractivity contribution in [3.8, 4) is 0 Å². The highest BCUT2D eigenvalue weighted by atomic mass is 32.2. The third-order valence-electron chi connectivity index (χ3n) is 2.31. The fourth-order valence-corrected chi connectivity index (χ4v) is 1.64. The van der Waals surface area contributed by atoms with Gasteiger partial charge in [0.1, 0.15) is 0 Å². The van der Waals surface area contributed by atoms with Crippen LogP contribution >= 0.6 is 0 Å². The molecule has 1 aliphatic carbocycles. The average Bonchev–Trinajstić information content (AvgIpc) is 2.19. The molecule has 6 nitrogen and oxygen atoms in total. The highest BCUT2D eigenvalue weighted by molar-refractivity contribution is 7.87. The van der Waals surface area contributed by atoms with Crippen LogP contribution in [0.1, 0.15) is 25.7 Å². The number of carbonyl (C=O) groups is 2. The topological polar surface area (TPSA) is 97.7 Å². The molecule has 0 heterocycles. The van der Waals surface area contributed by atoms with Crippen LogP contribution in [0.4, 0.5) is 8.78 Å². The van der Waals surface area contributed by atoms with Gasteiger partial charge >= 0.3 is 21.3 Å². The Hall–Kier alpha value is -1.09. The minimum absolute atomic E-state index is 0.0755. The van der Waals surface area contributed by atoms with Gasteiger partial charge in [-0.25, -0.2) is 4.79 Å². The Morgan fingerprint density at radius 2 is 2.00 bits per heavy atom. The van der Waals surface area contributed by atoms with Gasteiger partial charge in [-0.15, -0.1) is 0 Å². The van der Waals surface area contributed by atoms with E-state index in [1.165, 1.54) is 0 Å². The fourth-order valence-electron chi connectivity index (χ4n) is 1.38. The molecule has 1 N–H and O–H groups in total. The van der Waals surface area contributed by atoms with E-state index >= 15 is 0 Å². The lowest BCUT2D eigenvalue weighted by Crippen LogP contribution is -2.42. The van der Waals surface area contributed by atoms with E-state index in [-0.39, 0.29) is 12.8 Å². The molecule has 98 valence electrons. The van der Waals surface area contributed by atoms with Gasteiger partial charge in [-0.1, -0.05) is 0 Å². The van der Waals surface area contributed by atoms with Crippen LogP contribution in [0.3, 0.4) is 0 Å². The van der Waals surface area contributed by atoms with Crippen LogP contribution in [0.2, 0.25) is 0 Å². The minimum atomic E-state index is -5.89. The monoisotopic (exact) mass is 272 g/mol. The molecule has 0 radical (unpaired) electrons. The van der Waals surface area contributed by atoms with E-state index < -0.39 is 33.2 Å². The number of carbonyl (C=O) groups excluding carboxylic acids is 2. The molecule has 1 atom stereocenters. The number of halogens is 2. The lowest BCUT2D eigenvalue weighted by Gasteiger charge is -2.22. The van der Waals surface area contributed by atoms with Crippen LogP contribution in [0.5, 0.6) is 0 Å². The van der Waals surface area contributed by atoms with Crippen LogP contribution in [0, 0.1) is 0 Å². The molecule has 1 aliphatic rings. The summed E-state index contributed by atoms with van der Waals surface area (Å²) in [4.78, 5) is 22.0. The van der Waals surface area contributed by atoms with E-state index in [1.54, 1.807) is 0 Å². The summed E-state index contributed by atoms with van der Waals surface area (Å²) >= 11 is 0. The maximum atomic E-state index is 12.8. The molecule has 1 fully saturated rings. The first-order valence-electron chi connectivity index (χ1n) is 4.75. The quantitative estimate of drug-likeness (QED) is 0.594. The van der Waals surface area contributed by atoms with Crippen molar-refractivity contribution in [1.29, 1.82) is 0 Å². The predicted octanol–water partition coefficient (Wildman–Crippen LogP) is 0.522. The standard InChI is InChI=1S/C8H10F2O6S/c9-8(10,17(13,14)15)7(12)16-6-4-2-1-3-5(6)11/h6H,1-4H2,(H,13,14,15). The summed E-state index contributed by atoms with van der Waals surface area (Å²) in [6.45, 7) is 0. The highest BCUT2D eigenvalue weighted by Gasteiger charge is 2.55. The van der Waals surface area contributed by atoms with Crippen LogP contribution in [0.15, 0.2) is 0 Å². The third-order valence-corrected chi connectivity index (χ3v) is 3.12.